The lowest BCUT2D eigenvalue weighted by molar-refractivity contribution is 0.783. The predicted molar refractivity (Wildman–Crippen MR) is 125 cm³/mol. The monoisotopic (exact) mass is 416 g/mol. The summed E-state index contributed by atoms with van der Waals surface area (Å²) in [6.07, 6.45) is 7.30. The van der Waals surface area contributed by atoms with Crippen LogP contribution in [0.1, 0.15) is 11.1 Å². The number of pyridine rings is 2. The third kappa shape index (κ3) is 3.22. The molecule has 0 aliphatic carbocycles. The van der Waals surface area contributed by atoms with Gasteiger partial charge >= 0.3 is 0 Å². The molecule has 6 rings (SSSR count). The minimum atomic E-state index is 0.691. The van der Waals surface area contributed by atoms with Crippen molar-refractivity contribution in [3.63, 3.8) is 0 Å². The topological polar surface area (TPSA) is 61.4 Å². The van der Waals surface area contributed by atoms with Gasteiger partial charge in [0, 0.05) is 37.9 Å². The maximum absolute atomic E-state index is 5.03. The van der Waals surface area contributed by atoms with E-state index in [4.69, 9.17) is 9.97 Å². The minimum Gasteiger partial charge on any atom is -0.317 e. The van der Waals surface area contributed by atoms with Gasteiger partial charge in [0.25, 0.3) is 0 Å². The van der Waals surface area contributed by atoms with E-state index in [0.29, 0.717) is 13.1 Å². The fourth-order valence-corrected chi connectivity index (χ4v) is 4.15. The first-order chi connectivity index (χ1) is 15.9. The molecule has 2 aromatic carbocycles. The molecule has 0 aliphatic heterocycles. The third-order valence-corrected chi connectivity index (χ3v) is 5.69. The first kappa shape index (κ1) is 18.4. The van der Waals surface area contributed by atoms with Crippen LogP contribution in [0.5, 0.6) is 0 Å². The Kier molecular flexibility index (Phi) is 4.46. The van der Waals surface area contributed by atoms with E-state index < -0.39 is 0 Å². The number of hydrogen-bond acceptors (Lipinski definition) is 4. The second kappa shape index (κ2) is 7.74. The molecule has 6 nitrogen and oxygen atoms in total. The van der Waals surface area contributed by atoms with Gasteiger partial charge in [0.05, 0.1) is 22.1 Å². The highest BCUT2D eigenvalue weighted by Gasteiger charge is 2.20. The van der Waals surface area contributed by atoms with Crippen LogP contribution in [0.15, 0.2) is 97.6 Å². The molecule has 0 radical (unpaired) electrons. The average Bonchev–Trinajstić information content (AvgIpc) is 3.39. The summed E-state index contributed by atoms with van der Waals surface area (Å²) in [6.45, 7) is 1.38. The van der Waals surface area contributed by atoms with Crippen molar-refractivity contribution in [2.75, 3.05) is 0 Å². The van der Waals surface area contributed by atoms with Crippen LogP contribution in [-0.2, 0) is 13.1 Å². The molecular weight excluding hydrogens is 396 g/mol. The molecule has 0 N–H and O–H groups in total. The van der Waals surface area contributed by atoms with Gasteiger partial charge in [-0.2, -0.15) is 0 Å². The first-order valence-corrected chi connectivity index (χ1v) is 10.6. The smallest absolute Gasteiger partial charge is 0.177 e. The molecule has 0 spiro atoms. The van der Waals surface area contributed by atoms with Crippen LogP contribution in [0, 0.1) is 0 Å². The number of nitrogens with zero attached hydrogens (tertiary/aromatic N) is 6. The Hall–Kier alpha value is -4.32. The zero-order chi connectivity index (χ0) is 21.3. The normalized spacial score (nSPS) is 11.4. The zero-order valence-corrected chi connectivity index (χ0v) is 17.3. The number of imidazole rings is 2. The van der Waals surface area contributed by atoms with Gasteiger partial charge in [-0.25, -0.2) is 9.97 Å². The minimum absolute atomic E-state index is 0.691. The molecule has 154 valence electrons. The van der Waals surface area contributed by atoms with Crippen LogP contribution >= 0.6 is 0 Å². The number of aromatic nitrogens is 6. The van der Waals surface area contributed by atoms with E-state index in [9.17, 15) is 0 Å². The van der Waals surface area contributed by atoms with Crippen LogP contribution in [-0.4, -0.2) is 29.1 Å². The van der Waals surface area contributed by atoms with Crippen molar-refractivity contribution in [1.82, 2.24) is 29.1 Å². The number of rotatable bonds is 5. The second-order valence-electron chi connectivity index (χ2n) is 7.73. The fourth-order valence-electron chi connectivity index (χ4n) is 4.15. The molecule has 0 aliphatic rings. The van der Waals surface area contributed by atoms with Gasteiger partial charge in [0.1, 0.15) is 0 Å². The molecule has 32 heavy (non-hydrogen) atoms. The highest BCUT2D eigenvalue weighted by atomic mass is 15.2. The summed E-state index contributed by atoms with van der Waals surface area (Å²) in [7, 11) is 0. The largest absolute Gasteiger partial charge is 0.317 e. The lowest BCUT2D eigenvalue weighted by Gasteiger charge is -2.12. The SMILES string of the molecule is c1ccc2c(c1)nc(-c1nc3ccccc3n1Cc1ccncc1)n2Cc1ccncc1. The predicted octanol–water partition coefficient (Wildman–Crippen LogP) is 4.94. The van der Waals surface area contributed by atoms with E-state index in [1.54, 1.807) is 0 Å². The maximum Gasteiger partial charge on any atom is 0.177 e. The quantitative estimate of drug-likeness (QED) is 0.399. The van der Waals surface area contributed by atoms with Gasteiger partial charge in [-0.3, -0.25) is 9.97 Å². The van der Waals surface area contributed by atoms with Crippen LogP contribution in [0.4, 0.5) is 0 Å². The fraction of sp³-hybridized carbons (Fsp3) is 0.0769. The Morgan fingerprint density at radius 1 is 0.500 bits per heavy atom. The van der Waals surface area contributed by atoms with Crippen molar-refractivity contribution in [3.8, 4) is 11.6 Å². The van der Waals surface area contributed by atoms with E-state index in [0.717, 1.165) is 33.7 Å². The Morgan fingerprint density at radius 2 is 0.906 bits per heavy atom. The second-order valence-corrected chi connectivity index (χ2v) is 7.73. The van der Waals surface area contributed by atoms with Crippen LogP contribution in [0.2, 0.25) is 0 Å². The van der Waals surface area contributed by atoms with Crippen molar-refractivity contribution in [3.05, 3.63) is 109 Å². The highest BCUT2D eigenvalue weighted by Crippen LogP contribution is 2.29. The Bertz CT molecular complexity index is 1400. The molecule has 0 unspecified atom stereocenters. The molecule has 0 amide bonds. The van der Waals surface area contributed by atoms with Crippen LogP contribution in [0.25, 0.3) is 33.7 Å². The first-order valence-electron chi connectivity index (χ1n) is 10.6. The summed E-state index contributed by atoms with van der Waals surface area (Å²) in [4.78, 5) is 18.4. The Morgan fingerprint density at radius 3 is 1.34 bits per heavy atom. The third-order valence-electron chi connectivity index (χ3n) is 5.69. The van der Waals surface area contributed by atoms with Crippen molar-refractivity contribution >= 4 is 22.1 Å². The lowest BCUT2D eigenvalue weighted by Crippen LogP contribution is -2.08. The molecule has 6 heteroatoms. The van der Waals surface area contributed by atoms with E-state index in [-0.39, 0.29) is 0 Å². The molecule has 6 aromatic rings. The molecule has 0 bridgehead atoms. The molecule has 0 atom stereocenters. The van der Waals surface area contributed by atoms with Gasteiger partial charge < -0.3 is 9.13 Å². The summed E-state index contributed by atoms with van der Waals surface area (Å²) in [5, 5.41) is 0. The number of fused-ring (bicyclic) bond motifs is 2. The van der Waals surface area contributed by atoms with E-state index in [1.165, 1.54) is 11.1 Å². The number of benzene rings is 2. The molecule has 0 saturated heterocycles. The van der Waals surface area contributed by atoms with Gasteiger partial charge in [0.15, 0.2) is 11.6 Å². The summed E-state index contributed by atoms with van der Waals surface area (Å²) >= 11 is 0. The van der Waals surface area contributed by atoms with Gasteiger partial charge in [0.2, 0.25) is 0 Å². The van der Waals surface area contributed by atoms with Crippen molar-refractivity contribution in [2.45, 2.75) is 13.1 Å². The number of hydrogen-bond donors (Lipinski definition) is 0. The van der Waals surface area contributed by atoms with Gasteiger partial charge in [-0.15, -0.1) is 0 Å². The maximum atomic E-state index is 5.03. The summed E-state index contributed by atoms with van der Waals surface area (Å²) in [5.41, 5.74) is 6.42. The lowest BCUT2D eigenvalue weighted by atomic mass is 10.2. The molecule has 0 fully saturated rings. The summed E-state index contributed by atoms with van der Waals surface area (Å²) < 4.78 is 4.49. The standard InChI is InChI=1S/C26H20N6/c1-3-7-23-21(5-1)29-25(31(23)17-19-9-13-27-14-10-19)26-30-22-6-2-4-8-24(22)32(26)18-20-11-15-28-16-12-20/h1-16H,17-18H2. The molecule has 4 heterocycles. The molecular formula is C26H20N6. The van der Waals surface area contributed by atoms with Crippen molar-refractivity contribution < 1.29 is 0 Å². The average molecular weight is 416 g/mol. The summed E-state index contributed by atoms with van der Waals surface area (Å²) in [5.74, 6) is 1.71. The highest BCUT2D eigenvalue weighted by molar-refractivity contribution is 5.83. The molecule has 0 saturated carbocycles. The Balaban J connectivity index is 1.58. The van der Waals surface area contributed by atoms with Crippen LogP contribution < -0.4 is 0 Å². The summed E-state index contributed by atoms with van der Waals surface area (Å²) in [6, 6.07) is 24.6. The van der Waals surface area contributed by atoms with Crippen molar-refractivity contribution in [1.29, 1.82) is 0 Å². The molecule has 4 aromatic heterocycles. The zero-order valence-electron chi connectivity index (χ0n) is 17.3. The van der Waals surface area contributed by atoms with Crippen LogP contribution in [0.3, 0.4) is 0 Å². The van der Waals surface area contributed by atoms with E-state index >= 15 is 0 Å². The van der Waals surface area contributed by atoms with Gasteiger partial charge in [-0.05, 0) is 59.7 Å². The number of para-hydroxylation sites is 4. The Labute approximate surface area is 184 Å². The van der Waals surface area contributed by atoms with E-state index in [1.807, 2.05) is 61.2 Å². The van der Waals surface area contributed by atoms with E-state index in [2.05, 4.69) is 55.5 Å². The van der Waals surface area contributed by atoms with Crippen molar-refractivity contribution in [2.24, 2.45) is 0 Å². The van der Waals surface area contributed by atoms with Gasteiger partial charge in [-0.1, -0.05) is 24.3 Å².